The lowest BCUT2D eigenvalue weighted by Gasteiger charge is -2.08. The Morgan fingerprint density at radius 3 is 2.75 bits per heavy atom. The average molecular weight is 361 g/mol. The van der Waals surface area contributed by atoms with Crippen LogP contribution in [0.25, 0.3) is 0 Å². The Hall–Kier alpha value is 0.520. The van der Waals surface area contributed by atoms with E-state index < -0.39 is 0 Å². The summed E-state index contributed by atoms with van der Waals surface area (Å²) in [4.78, 5) is 0. The summed E-state index contributed by atoms with van der Waals surface area (Å²) < 4.78 is 7.24. The van der Waals surface area contributed by atoms with Gasteiger partial charge in [0.1, 0.15) is 5.75 Å². The molecule has 0 radical (unpaired) electrons. The van der Waals surface area contributed by atoms with Gasteiger partial charge in [-0.2, -0.15) is 0 Å². The lowest BCUT2D eigenvalue weighted by atomic mass is 10.2. The molecule has 1 aromatic rings. The fourth-order valence-electron chi connectivity index (χ4n) is 0.864. The maximum Gasteiger partial charge on any atom is 0.146 e. The zero-order chi connectivity index (χ0) is 9.14. The van der Waals surface area contributed by atoms with Gasteiger partial charge in [0.05, 0.1) is 15.2 Å². The summed E-state index contributed by atoms with van der Waals surface area (Å²) >= 11 is 11.4. The number of benzene rings is 1. The van der Waals surface area contributed by atoms with E-state index in [1.807, 2.05) is 12.1 Å². The first-order chi connectivity index (χ1) is 5.70. The minimum atomic E-state index is 0.516. The van der Waals surface area contributed by atoms with Crippen molar-refractivity contribution < 1.29 is 4.74 Å². The molecule has 1 aromatic carbocycles. The van der Waals surface area contributed by atoms with Crippen molar-refractivity contribution in [2.45, 2.75) is 5.88 Å². The van der Waals surface area contributed by atoms with Gasteiger partial charge in [-0.15, -0.1) is 11.6 Å². The van der Waals surface area contributed by atoms with Crippen molar-refractivity contribution in [3.8, 4) is 5.75 Å². The van der Waals surface area contributed by atoms with Crippen molar-refractivity contribution in [2.24, 2.45) is 0 Å². The van der Waals surface area contributed by atoms with Crippen LogP contribution in [0.2, 0.25) is 0 Å². The molecule has 0 N–H and O–H groups in total. The second-order valence-corrected chi connectivity index (χ2v) is 4.39. The first-order valence-electron chi connectivity index (χ1n) is 3.27. The molecule has 0 fully saturated rings. The Balaban J connectivity index is 3.24. The fraction of sp³-hybridized carbons (Fsp3) is 0.250. The molecule has 4 heteroatoms. The van der Waals surface area contributed by atoms with E-state index in [9.17, 15) is 0 Å². The number of rotatable bonds is 2. The van der Waals surface area contributed by atoms with Crippen LogP contribution in [-0.2, 0) is 5.88 Å². The van der Waals surface area contributed by atoms with E-state index in [0.717, 1.165) is 19.4 Å². The van der Waals surface area contributed by atoms with Crippen LogP contribution in [-0.4, -0.2) is 7.11 Å². The minimum Gasteiger partial charge on any atom is -0.494 e. The van der Waals surface area contributed by atoms with Crippen molar-refractivity contribution in [1.29, 1.82) is 0 Å². The topological polar surface area (TPSA) is 9.23 Å². The van der Waals surface area contributed by atoms with Crippen molar-refractivity contribution in [3.63, 3.8) is 0 Å². The smallest absolute Gasteiger partial charge is 0.146 e. The number of hydrogen-bond donors (Lipinski definition) is 0. The third-order valence-electron chi connectivity index (χ3n) is 1.48. The van der Waals surface area contributed by atoms with E-state index in [4.69, 9.17) is 16.3 Å². The van der Waals surface area contributed by atoms with E-state index in [1.54, 1.807) is 7.11 Å². The zero-order valence-corrected chi connectivity index (χ0v) is 10.9. The van der Waals surface area contributed by atoms with Crippen LogP contribution < -0.4 is 4.74 Å². The molecule has 0 heterocycles. The van der Waals surface area contributed by atoms with Gasteiger partial charge in [-0.1, -0.05) is 6.07 Å². The van der Waals surface area contributed by atoms with E-state index in [2.05, 4.69) is 38.5 Å². The average Bonchev–Trinajstić information content (AvgIpc) is 2.06. The Morgan fingerprint density at radius 2 is 2.25 bits per heavy atom. The summed E-state index contributed by atoms with van der Waals surface area (Å²) in [5, 5.41) is 0. The molecule has 1 rings (SSSR count). The predicted molar refractivity (Wildman–Crippen MR) is 63.0 cm³/mol. The van der Waals surface area contributed by atoms with Crippen LogP contribution in [0.15, 0.2) is 16.6 Å². The summed E-state index contributed by atoms with van der Waals surface area (Å²) in [5.74, 6) is 1.37. The van der Waals surface area contributed by atoms with Gasteiger partial charge in [0.15, 0.2) is 0 Å². The molecule has 66 valence electrons. The predicted octanol–water partition coefficient (Wildman–Crippen LogP) is 3.80. The highest BCUT2D eigenvalue weighted by molar-refractivity contribution is 14.1. The molecule has 1 nitrogen and oxygen atoms in total. The zero-order valence-electron chi connectivity index (χ0n) is 6.40. The SMILES string of the molecule is COc1c(Br)ccc(CCl)c1I. The maximum atomic E-state index is 5.74. The Morgan fingerprint density at radius 1 is 1.58 bits per heavy atom. The van der Waals surface area contributed by atoms with E-state index in [1.165, 1.54) is 0 Å². The van der Waals surface area contributed by atoms with Gasteiger partial charge in [0, 0.05) is 5.88 Å². The van der Waals surface area contributed by atoms with Crippen LogP contribution >= 0.6 is 50.1 Å². The first-order valence-corrected chi connectivity index (χ1v) is 5.68. The highest BCUT2D eigenvalue weighted by atomic mass is 127. The molecule has 0 atom stereocenters. The van der Waals surface area contributed by atoms with Gasteiger partial charge in [0.2, 0.25) is 0 Å². The van der Waals surface area contributed by atoms with E-state index >= 15 is 0 Å². The number of alkyl halides is 1. The number of methoxy groups -OCH3 is 1. The Bertz CT molecular complexity index is 291. The molecule has 0 amide bonds. The van der Waals surface area contributed by atoms with Crippen molar-refractivity contribution in [3.05, 3.63) is 25.7 Å². The van der Waals surface area contributed by atoms with Crippen molar-refractivity contribution >= 4 is 50.1 Å². The van der Waals surface area contributed by atoms with Crippen LogP contribution in [0, 0.1) is 3.57 Å². The molecule has 0 saturated carbocycles. The second kappa shape index (κ2) is 4.67. The normalized spacial score (nSPS) is 10.0. The molecule has 0 unspecified atom stereocenters. The van der Waals surface area contributed by atoms with Gasteiger partial charge in [-0.25, -0.2) is 0 Å². The highest BCUT2D eigenvalue weighted by Crippen LogP contribution is 2.33. The molecule has 0 saturated heterocycles. The Labute approximate surface area is 98.7 Å². The van der Waals surface area contributed by atoms with Crippen LogP contribution in [0.5, 0.6) is 5.75 Å². The minimum absolute atomic E-state index is 0.516. The molecule has 12 heavy (non-hydrogen) atoms. The summed E-state index contributed by atoms with van der Waals surface area (Å²) in [5.41, 5.74) is 1.09. The van der Waals surface area contributed by atoms with Crippen molar-refractivity contribution in [2.75, 3.05) is 7.11 Å². The van der Waals surface area contributed by atoms with Gasteiger partial charge in [-0.05, 0) is 50.2 Å². The van der Waals surface area contributed by atoms with Crippen LogP contribution in [0.3, 0.4) is 0 Å². The summed E-state index contributed by atoms with van der Waals surface area (Å²) in [7, 11) is 1.65. The number of hydrogen-bond acceptors (Lipinski definition) is 1. The van der Waals surface area contributed by atoms with E-state index in [0.29, 0.717) is 5.88 Å². The molecule has 0 bridgehead atoms. The first kappa shape index (κ1) is 10.6. The monoisotopic (exact) mass is 360 g/mol. The fourth-order valence-corrected chi connectivity index (χ4v) is 3.06. The van der Waals surface area contributed by atoms with Crippen LogP contribution in [0.1, 0.15) is 5.56 Å². The largest absolute Gasteiger partial charge is 0.494 e. The maximum absolute atomic E-state index is 5.74. The quantitative estimate of drug-likeness (QED) is 0.575. The molecule has 0 spiro atoms. The van der Waals surface area contributed by atoms with Gasteiger partial charge in [0.25, 0.3) is 0 Å². The van der Waals surface area contributed by atoms with Gasteiger partial charge < -0.3 is 4.74 Å². The molecule has 0 aliphatic carbocycles. The lowest BCUT2D eigenvalue weighted by Crippen LogP contribution is -1.92. The standard InChI is InChI=1S/C8H7BrClIO/c1-12-8-6(9)3-2-5(4-10)7(8)11/h2-3H,4H2,1H3. The molecule has 0 aliphatic rings. The Kier molecular flexibility index (Phi) is 4.13. The lowest BCUT2D eigenvalue weighted by molar-refractivity contribution is 0.408. The second-order valence-electron chi connectivity index (χ2n) is 2.19. The molecule has 0 aromatic heterocycles. The summed E-state index contributed by atoms with van der Waals surface area (Å²) in [6.07, 6.45) is 0. The van der Waals surface area contributed by atoms with Crippen molar-refractivity contribution in [1.82, 2.24) is 0 Å². The molecule has 0 aliphatic heterocycles. The number of halogens is 3. The molecular weight excluding hydrogens is 354 g/mol. The third-order valence-corrected chi connectivity index (χ3v) is 3.57. The van der Waals surface area contributed by atoms with E-state index in [-0.39, 0.29) is 0 Å². The summed E-state index contributed by atoms with van der Waals surface area (Å²) in [6.45, 7) is 0. The third kappa shape index (κ3) is 2.06. The van der Waals surface area contributed by atoms with Gasteiger partial charge >= 0.3 is 0 Å². The number of ether oxygens (including phenoxy) is 1. The van der Waals surface area contributed by atoms with Crippen LogP contribution in [0.4, 0.5) is 0 Å². The summed E-state index contributed by atoms with van der Waals surface area (Å²) in [6, 6.07) is 3.93. The van der Waals surface area contributed by atoms with Gasteiger partial charge in [-0.3, -0.25) is 0 Å². The molecular formula is C8H7BrClIO. The highest BCUT2D eigenvalue weighted by Gasteiger charge is 2.08.